The number of rotatable bonds is 5. The van der Waals surface area contributed by atoms with Gasteiger partial charge < -0.3 is 19.7 Å². The van der Waals surface area contributed by atoms with E-state index in [2.05, 4.69) is 0 Å². The summed E-state index contributed by atoms with van der Waals surface area (Å²) in [5.74, 6) is 1.10. The van der Waals surface area contributed by atoms with Crippen LogP contribution in [0, 0.1) is 0 Å². The zero-order valence-corrected chi connectivity index (χ0v) is 11.6. The number of methoxy groups -OCH3 is 2. The lowest BCUT2D eigenvalue weighted by atomic mass is 10.0. The fraction of sp³-hybridized carbons (Fsp3) is 0.250. The molecular formula is C16H18O4. The van der Waals surface area contributed by atoms with Crippen molar-refractivity contribution in [3.8, 4) is 23.0 Å². The first-order valence-corrected chi connectivity index (χ1v) is 6.36. The van der Waals surface area contributed by atoms with Crippen molar-refractivity contribution in [1.82, 2.24) is 0 Å². The van der Waals surface area contributed by atoms with Crippen molar-refractivity contribution in [3.63, 3.8) is 0 Å². The number of benzene rings is 2. The van der Waals surface area contributed by atoms with Gasteiger partial charge in [-0.2, -0.15) is 0 Å². The number of hydrogen-bond donors (Lipinski definition) is 2. The summed E-state index contributed by atoms with van der Waals surface area (Å²) in [6.45, 7) is 0. The largest absolute Gasteiger partial charge is 0.508 e. The standard InChI is InChI=1S/C16H18O4/c1-19-14-9-12(10-15(20-2)16(14)18)4-3-11-5-7-13(17)8-6-11/h5-10,17-18H,3-4H2,1-2H3. The Kier molecular flexibility index (Phi) is 4.35. The molecular weight excluding hydrogens is 256 g/mol. The monoisotopic (exact) mass is 274 g/mol. The fourth-order valence-electron chi connectivity index (χ4n) is 2.04. The molecule has 4 heteroatoms. The van der Waals surface area contributed by atoms with E-state index < -0.39 is 0 Å². The van der Waals surface area contributed by atoms with Gasteiger partial charge in [-0.15, -0.1) is 0 Å². The van der Waals surface area contributed by atoms with Crippen molar-refractivity contribution in [2.45, 2.75) is 12.8 Å². The molecule has 2 aromatic carbocycles. The molecule has 2 N–H and O–H groups in total. The summed E-state index contributed by atoms with van der Waals surface area (Å²) in [5, 5.41) is 19.1. The van der Waals surface area contributed by atoms with Crippen molar-refractivity contribution in [1.29, 1.82) is 0 Å². The highest BCUT2D eigenvalue weighted by Gasteiger charge is 2.11. The van der Waals surface area contributed by atoms with Gasteiger partial charge in [-0.25, -0.2) is 0 Å². The summed E-state index contributed by atoms with van der Waals surface area (Å²) >= 11 is 0. The fourth-order valence-corrected chi connectivity index (χ4v) is 2.04. The number of hydrogen-bond acceptors (Lipinski definition) is 4. The van der Waals surface area contributed by atoms with Crippen LogP contribution in [-0.4, -0.2) is 24.4 Å². The molecule has 0 unspecified atom stereocenters. The van der Waals surface area contributed by atoms with Crippen LogP contribution in [0.5, 0.6) is 23.0 Å². The molecule has 0 radical (unpaired) electrons. The lowest BCUT2D eigenvalue weighted by Crippen LogP contribution is -1.95. The van der Waals surface area contributed by atoms with Crippen LogP contribution in [0.1, 0.15) is 11.1 Å². The Labute approximate surface area is 118 Å². The molecule has 0 aliphatic rings. The highest BCUT2D eigenvalue weighted by Crippen LogP contribution is 2.37. The number of ether oxygens (including phenoxy) is 2. The molecule has 0 spiro atoms. The Morgan fingerprint density at radius 1 is 0.800 bits per heavy atom. The SMILES string of the molecule is COc1cc(CCc2ccc(O)cc2)cc(OC)c1O. The van der Waals surface area contributed by atoms with E-state index in [-0.39, 0.29) is 11.5 Å². The summed E-state index contributed by atoms with van der Waals surface area (Å²) in [4.78, 5) is 0. The molecule has 2 aromatic rings. The minimum atomic E-state index is 0.0170. The third-order valence-electron chi connectivity index (χ3n) is 3.18. The third kappa shape index (κ3) is 3.15. The lowest BCUT2D eigenvalue weighted by molar-refractivity contribution is 0.339. The van der Waals surface area contributed by atoms with Crippen LogP contribution in [0.25, 0.3) is 0 Å². The molecule has 0 amide bonds. The van der Waals surface area contributed by atoms with Crippen LogP contribution >= 0.6 is 0 Å². The molecule has 0 saturated carbocycles. The molecule has 0 aliphatic heterocycles. The van der Waals surface area contributed by atoms with Gasteiger partial charge in [0.1, 0.15) is 5.75 Å². The van der Waals surface area contributed by atoms with Crippen LogP contribution in [-0.2, 0) is 12.8 Å². The highest BCUT2D eigenvalue weighted by atomic mass is 16.5. The summed E-state index contributed by atoms with van der Waals surface area (Å²) < 4.78 is 10.3. The number of phenols is 2. The van der Waals surface area contributed by atoms with E-state index in [9.17, 15) is 10.2 Å². The summed E-state index contributed by atoms with van der Waals surface area (Å²) in [5.41, 5.74) is 2.15. The topological polar surface area (TPSA) is 58.9 Å². The van der Waals surface area contributed by atoms with Gasteiger partial charge in [0.25, 0.3) is 0 Å². The first kappa shape index (κ1) is 14.1. The first-order chi connectivity index (χ1) is 9.63. The van der Waals surface area contributed by atoms with E-state index in [4.69, 9.17) is 9.47 Å². The van der Waals surface area contributed by atoms with Crippen molar-refractivity contribution >= 4 is 0 Å². The maximum absolute atomic E-state index is 9.85. The Bertz CT molecular complexity index is 551. The van der Waals surface area contributed by atoms with Crippen molar-refractivity contribution in [2.75, 3.05) is 14.2 Å². The molecule has 0 fully saturated rings. The molecule has 0 aliphatic carbocycles. The Morgan fingerprint density at radius 3 is 1.80 bits per heavy atom. The van der Waals surface area contributed by atoms with E-state index in [0.29, 0.717) is 11.5 Å². The van der Waals surface area contributed by atoms with Gasteiger partial charge in [-0.3, -0.25) is 0 Å². The van der Waals surface area contributed by atoms with Crippen LogP contribution in [0.15, 0.2) is 36.4 Å². The third-order valence-corrected chi connectivity index (χ3v) is 3.18. The minimum Gasteiger partial charge on any atom is -0.508 e. The van der Waals surface area contributed by atoms with Crippen molar-refractivity contribution in [2.24, 2.45) is 0 Å². The summed E-state index contributed by atoms with van der Waals surface area (Å²) in [7, 11) is 3.02. The lowest BCUT2D eigenvalue weighted by Gasteiger charge is -2.11. The normalized spacial score (nSPS) is 10.3. The maximum atomic E-state index is 9.85. The van der Waals surface area contributed by atoms with Gasteiger partial charge in [0.2, 0.25) is 5.75 Å². The zero-order chi connectivity index (χ0) is 14.5. The molecule has 0 atom stereocenters. The Hall–Kier alpha value is -2.36. The van der Waals surface area contributed by atoms with Gasteiger partial charge in [0.05, 0.1) is 14.2 Å². The van der Waals surface area contributed by atoms with Gasteiger partial charge in [0, 0.05) is 0 Å². The predicted molar refractivity (Wildman–Crippen MR) is 76.7 cm³/mol. The van der Waals surface area contributed by atoms with Crippen LogP contribution in [0.3, 0.4) is 0 Å². The molecule has 4 nitrogen and oxygen atoms in total. The van der Waals surface area contributed by atoms with E-state index in [0.717, 1.165) is 24.0 Å². The van der Waals surface area contributed by atoms with Gasteiger partial charge in [-0.05, 0) is 48.2 Å². The second-order valence-electron chi connectivity index (χ2n) is 4.52. The second kappa shape index (κ2) is 6.19. The van der Waals surface area contributed by atoms with Crippen LogP contribution in [0.2, 0.25) is 0 Å². The quantitative estimate of drug-likeness (QED) is 0.880. The molecule has 0 heterocycles. The van der Waals surface area contributed by atoms with E-state index in [1.165, 1.54) is 14.2 Å². The summed E-state index contributed by atoms with van der Waals surface area (Å²) in [6.07, 6.45) is 1.62. The Morgan fingerprint density at radius 2 is 1.30 bits per heavy atom. The molecule has 20 heavy (non-hydrogen) atoms. The molecule has 106 valence electrons. The van der Waals surface area contributed by atoms with Gasteiger partial charge >= 0.3 is 0 Å². The second-order valence-corrected chi connectivity index (χ2v) is 4.52. The Balaban J connectivity index is 2.14. The van der Waals surface area contributed by atoms with Gasteiger partial charge in [0.15, 0.2) is 11.5 Å². The van der Waals surface area contributed by atoms with E-state index in [1.54, 1.807) is 24.3 Å². The van der Waals surface area contributed by atoms with Crippen LogP contribution < -0.4 is 9.47 Å². The molecule has 0 aromatic heterocycles. The molecule has 2 rings (SSSR count). The van der Waals surface area contributed by atoms with Gasteiger partial charge in [-0.1, -0.05) is 12.1 Å². The van der Waals surface area contributed by atoms with Crippen LogP contribution in [0.4, 0.5) is 0 Å². The number of aromatic hydroxyl groups is 2. The summed E-state index contributed by atoms with van der Waals surface area (Å²) in [6, 6.07) is 10.7. The first-order valence-electron chi connectivity index (χ1n) is 6.36. The van der Waals surface area contributed by atoms with Crippen molar-refractivity contribution in [3.05, 3.63) is 47.5 Å². The molecule has 0 saturated heterocycles. The highest BCUT2D eigenvalue weighted by molar-refractivity contribution is 5.52. The molecule has 0 bridgehead atoms. The average Bonchev–Trinajstić information content (AvgIpc) is 2.47. The smallest absolute Gasteiger partial charge is 0.200 e. The van der Waals surface area contributed by atoms with E-state index in [1.807, 2.05) is 12.1 Å². The zero-order valence-electron chi connectivity index (χ0n) is 11.6. The predicted octanol–water partition coefficient (Wildman–Crippen LogP) is 2.90. The minimum absolute atomic E-state index is 0.0170. The maximum Gasteiger partial charge on any atom is 0.200 e. The number of aryl methyl sites for hydroxylation is 2. The van der Waals surface area contributed by atoms with E-state index >= 15 is 0 Å². The average molecular weight is 274 g/mol. The number of phenolic OH excluding ortho intramolecular Hbond substituents is 2. The van der Waals surface area contributed by atoms with Crippen molar-refractivity contribution < 1.29 is 19.7 Å².